The van der Waals surface area contributed by atoms with Gasteiger partial charge in [0.25, 0.3) is 11.8 Å². The van der Waals surface area contributed by atoms with Crippen LogP contribution >= 0.6 is 11.3 Å². The van der Waals surface area contributed by atoms with E-state index in [1.54, 1.807) is 22.4 Å². The highest BCUT2D eigenvalue weighted by Gasteiger charge is 2.39. The zero-order valence-corrected chi connectivity index (χ0v) is 14.5. The first kappa shape index (κ1) is 17.6. The summed E-state index contributed by atoms with van der Waals surface area (Å²) >= 11 is 1.22. The van der Waals surface area contributed by atoms with Gasteiger partial charge < -0.3 is 9.64 Å². The normalized spacial score (nSPS) is 20.7. The van der Waals surface area contributed by atoms with Crippen molar-refractivity contribution in [3.8, 4) is 0 Å². The molecule has 0 unspecified atom stereocenters. The van der Waals surface area contributed by atoms with Gasteiger partial charge in [0.05, 0.1) is 10.8 Å². The fraction of sp³-hybridized carbons (Fsp3) is 0.529. The number of nitrogens with zero attached hydrogens (tertiary/aromatic N) is 1. The Morgan fingerprint density at radius 1 is 1.28 bits per heavy atom. The minimum atomic E-state index is -0.677. The minimum absolute atomic E-state index is 0.0221. The molecule has 1 N–H and O–H groups in total. The Balaban J connectivity index is 1.44. The first-order valence-corrected chi connectivity index (χ1v) is 9.26. The lowest BCUT2D eigenvalue weighted by molar-refractivity contribution is -0.152. The number of hydrogen-bond acceptors (Lipinski definition) is 6. The van der Waals surface area contributed by atoms with Crippen molar-refractivity contribution in [1.29, 1.82) is 0 Å². The first-order valence-electron chi connectivity index (χ1n) is 8.38. The predicted molar refractivity (Wildman–Crippen MR) is 89.8 cm³/mol. The van der Waals surface area contributed by atoms with Crippen LogP contribution in [-0.2, 0) is 19.1 Å². The van der Waals surface area contributed by atoms with Gasteiger partial charge in [-0.25, -0.2) is 0 Å². The van der Waals surface area contributed by atoms with Gasteiger partial charge in [-0.3, -0.25) is 24.5 Å². The molecular weight excluding hydrogens is 344 g/mol. The van der Waals surface area contributed by atoms with Crippen molar-refractivity contribution in [1.82, 2.24) is 10.2 Å². The van der Waals surface area contributed by atoms with Crippen molar-refractivity contribution in [3.63, 3.8) is 0 Å². The van der Waals surface area contributed by atoms with Crippen LogP contribution in [0.25, 0.3) is 0 Å². The number of carbonyl (C=O) groups excluding carboxylic acids is 4. The van der Waals surface area contributed by atoms with Crippen molar-refractivity contribution in [2.24, 2.45) is 5.92 Å². The number of ether oxygens (including phenoxy) is 1. The maximum absolute atomic E-state index is 12.1. The van der Waals surface area contributed by atoms with Crippen LogP contribution in [0.15, 0.2) is 17.5 Å². The van der Waals surface area contributed by atoms with E-state index in [9.17, 15) is 19.2 Å². The average molecular weight is 364 g/mol. The first-order chi connectivity index (χ1) is 12.0. The van der Waals surface area contributed by atoms with E-state index in [0.717, 1.165) is 25.7 Å². The number of imide groups is 1. The van der Waals surface area contributed by atoms with Gasteiger partial charge in [-0.05, 0) is 24.3 Å². The molecule has 1 atom stereocenters. The second-order valence-corrected chi connectivity index (χ2v) is 7.30. The van der Waals surface area contributed by atoms with Crippen LogP contribution in [0.4, 0.5) is 0 Å². The second-order valence-electron chi connectivity index (χ2n) is 6.35. The third-order valence-electron chi connectivity index (χ3n) is 4.60. The Morgan fingerprint density at radius 2 is 2.04 bits per heavy atom. The molecule has 0 bridgehead atoms. The van der Waals surface area contributed by atoms with E-state index in [0.29, 0.717) is 11.4 Å². The molecule has 1 aromatic heterocycles. The Kier molecular flexibility index (Phi) is 5.47. The second kappa shape index (κ2) is 7.77. The van der Waals surface area contributed by atoms with Crippen molar-refractivity contribution < 1.29 is 23.9 Å². The highest BCUT2D eigenvalue weighted by molar-refractivity contribution is 7.12. The lowest BCUT2D eigenvalue weighted by Crippen LogP contribution is -2.36. The average Bonchev–Trinajstić information content (AvgIpc) is 3.32. The molecule has 1 saturated heterocycles. The number of likely N-dealkylation sites (tertiary alicyclic amines) is 1. The summed E-state index contributed by atoms with van der Waals surface area (Å²) in [6.07, 6.45) is 4.33. The topological polar surface area (TPSA) is 92.8 Å². The molecule has 1 aliphatic heterocycles. The van der Waals surface area contributed by atoms with Gasteiger partial charge in [-0.15, -0.1) is 11.3 Å². The molecule has 1 aliphatic carbocycles. The van der Waals surface area contributed by atoms with Gasteiger partial charge in [0, 0.05) is 19.0 Å². The molecule has 2 aliphatic rings. The molecule has 8 heteroatoms. The minimum Gasteiger partial charge on any atom is -0.455 e. The molecule has 0 spiro atoms. The van der Waals surface area contributed by atoms with E-state index in [-0.39, 0.29) is 18.4 Å². The molecule has 2 fully saturated rings. The van der Waals surface area contributed by atoms with E-state index < -0.39 is 30.3 Å². The van der Waals surface area contributed by atoms with Crippen LogP contribution in [0.1, 0.15) is 41.8 Å². The van der Waals surface area contributed by atoms with E-state index >= 15 is 0 Å². The maximum Gasteiger partial charge on any atom is 0.311 e. The van der Waals surface area contributed by atoms with Crippen LogP contribution in [0, 0.1) is 5.92 Å². The van der Waals surface area contributed by atoms with Crippen LogP contribution in [0.3, 0.4) is 0 Å². The molecule has 1 aromatic rings. The molecule has 134 valence electrons. The molecule has 3 rings (SSSR count). The van der Waals surface area contributed by atoms with E-state index in [1.165, 1.54) is 11.3 Å². The Bertz CT molecular complexity index is 667. The number of rotatable bonds is 5. The van der Waals surface area contributed by atoms with Gasteiger partial charge in [-0.2, -0.15) is 0 Å². The van der Waals surface area contributed by atoms with Gasteiger partial charge in [0.1, 0.15) is 0 Å². The predicted octanol–water partition coefficient (Wildman–Crippen LogP) is 1.34. The zero-order chi connectivity index (χ0) is 17.8. The molecular formula is C17H20N2O5S. The van der Waals surface area contributed by atoms with Crippen molar-refractivity contribution in [2.45, 2.75) is 38.1 Å². The SMILES string of the molecule is O=C(COC(=O)[C@H]1CC(=O)N(C2CCCC2)C1)NC(=O)c1cccs1. The van der Waals surface area contributed by atoms with E-state index in [2.05, 4.69) is 5.32 Å². The molecule has 0 aromatic carbocycles. The summed E-state index contributed by atoms with van der Waals surface area (Å²) in [5, 5.41) is 3.90. The van der Waals surface area contributed by atoms with Crippen molar-refractivity contribution in [2.75, 3.05) is 13.2 Å². The van der Waals surface area contributed by atoms with Crippen molar-refractivity contribution >= 4 is 35.0 Å². The summed E-state index contributed by atoms with van der Waals surface area (Å²) in [4.78, 5) is 49.8. The monoisotopic (exact) mass is 364 g/mol. The zero-order valence-electron chi connectivity index (χ0n) is 13.7. The third kappa shape index (κ3) is 4.25. The molecule has 3 amide bonds. The van der Waals surface area contributed by atoms with Crippen LogP contribution in [-0.4, -0.2) is 47.8 Å². The van der Waals surface area contributed by atoms with Gasteiger partial charge >= 0.3 is 5.97 Å². The van der Waals surface area contributed by atoms with Crippen LogP contribution in [0.2, 0.25) is 0 Å². The van der Waals surface area contributed by atoms with Gasteiger partial charge in [0.2, 0.25) is 5.91 Å². The van der Waals surface area contributed by atoms with Gasteiger partial charge in [0.15, 0.2) is 6.61 Å². The summed E-state index contributed by atoms with van der Waals surface area (Å²) in [6.45, 7) is -0.165. The molecule has 0 radical (unpaired) electrons. The highest BCUT2D eigenvalue weighted by Crippen LogP contribution is 2.29. The third-order valence-corrected chi connectivity index (χ3v) is 5.47. The van der Waals surface area contributed by atoms with E-state index in [4.69, 9.17) is 4.74 Å². The standard InChI is InChI=1S/C17H20N2O5S/c20-14(18-16(22)13-6-3-7-25-13)10-24-17(23)11-8-15(21)19(9-11)12-4-1-2-5-12/h3,6-7,11-12H,1-2,4-5,8-10H2,(H,18,20,22)/t11-/m0/s1. The smallest absolute Gasteiger partial charge is 0.311 e. The Hall–Kier alpha value is -2.22. The maximum atomic E-state index is 12.1. The largest absolute Gasteiger partial charge is 0.455 e. The lowest BCUT2D eigenvalue weighted by Gasteiger charge is -2.23. The van der Waals surface area contributed by atoms with Crippen molar-refractivity contribution in [3.05, 3.63) is 22.4 Å². The molecule has 7 nitrogen and oxygen atoms in total. The molecule has 2 heterocycles. The quantitative estimate of drug-likeness (QED) is 0.796. The molecule has 1 saturated carbocycles. The fourth-order valence-electron chi connectivity index (χ4n) is 3.34. The number of nitrogens with one attached hydrogen (secondary N) is 1. The van der Waals surface area contributed by atoms with E-state index in [1.807, 2.05) is 0 Å². The highest BCUT2D eigenvalue weighted by atomic mass is 32.1. The summed E-state index contributed by atoms with van der Waals surface area (Å²) in [5.41, 5.74) is 0. The summed E-state index contributed by atoms with van der Waals surface area (Å²) in [6, 6.07) is 3.54. The summed E-state index contributed by atoms with van der Waals surface area (Å²) in [7, 11) is 0. The lowest BCUT2D eigenvalue weighted by atomic mass is 10.1. The van der Waals surface area contributed by atoms with Crippen LogP contribution in [0.5, 0.6) is 0 Å². The number of esters is 1. The van der Waals surface area contributed by atoms with Gasteiger partial charge in [-0.1, -0.05) is 18.9 Å². The number of amides is 3. The number of thiophene rings is 1. The summed E-state index contributed by atoms with van der Waals surface area (Å²) in [5.74, 6) is -2.31. The summed E-state index contributed by atoms with van der Waals surface area (Å²) < 4.78 is 4.99. The molecule has 25 heavy (non-hydrogen) atoms. The Morgan fingerprint density at radius 3 is 2.72 bits per heavy atom. The fourth-order valence-corrected chi connectivity index (χ4v) is 3.96. The van der Waals surface area contributed by atoms with Crippen LogP contribution < -0.4 is 5.32 Å². The number of hydrogen-bond donors (Lipinski definition) is 1. The number of carbonyl (C=O) groups is 4. The Labute approximate surface area is 149 Å².